The highest BCUT2D eigenvalue weighted by molar-refractivity contribution is 7.89. The number of benzene rings is 1. The van der Waals surface area contributed by atoms with Gasteiger partial charge in [-0.25, -0.2) is 17.9 Å². The quantitative estimate of drug-likeness (QED) is 0.709. The molecule has 0 amide bonds. The normalized spacial score (nSPS) is 12.3. The monoisotopic (exact) mass is 327 g/mol. The maximum atomic E-state index is 12.2. The predicted octanol–water partition coefficient (Wildman–Crippen LogP) is 1.13. The molecule has 0 atom stereocenters. The smallest absolute Gasteiger partial charge is 0.408 e. The highest BCUT2D eigenvalue weighted by atomic mass is 32.2. The highest BCUT2D eigenvalue weighted by Gasteiger charge is 2.15. The molecule has 1 aromatic carbocycles. The number of H-pyrrole nitrogens is 1. The van der Waals surface area contributed by atoms with Gasteiger partial charge in [0.15, 0.2) is 5.58 Å². The van der Waals surface area contributed by atoms with Crippen molar-refractivity contribution in [2.24, 2.45) is 0 Å². The molecule has 1 aromatic heterocycles. The zero-order valence-corrected chi connectivity index (χ0v) is 13.6. The number of hydrogen-bond donors (Lipinski definition) is 2. The van der Waals surface area contributed by atoms with Crippen LogP contribution in [0.3, 0.4) is 0 Å². The first kappa shape index (κ1) is 16.7. The van der Waals surface area contributed by atoms with Gasteiger partial charge in [0.2, 0.25) is 10.0 Å². The molecule has 2 aromatic rings. The largest absolute Gasteiger partial charge is 0.417 e. The van der Waals surface area contributed by atoms with Crippen LogP contribution in [0.25, 0.3) is 11.1 Å². The summed E-state index contributed by atoms with van der Waals surface area (Å²) in [5.41, 5.74) is 0.710. The fourth-order valence-electron chi connectivity index (χ4n) is 2.23. The van der Waals surface area contributed by atoms with Crippen LogP contribution in [0, 0.1) is 0 Å². The molecule has 0 aliphatic carbocycles. The Kier molecular flexibility index (Phi) is 5.38. The third-order valence-corrected chi connectivity index (χ3v) is 5.00. The summed E-state index contributed by atoms with van der Waals surface area (Å²) in [6, 6.07) is 4.29. The van der Waals surface area contributed by atoms with Crippen LogP contribution in [0.1, 0.15) is 20.3 Å². The fraction of sp³-hybridized carbons (Fsp3) is 0.500. The third-order valence-electron chi connectivity index (χ3n) is 3.54. The van der Waals surface area contributed by atoms with E-state index in [-0.39, 0.29) is 4.90 Å². The van der Waals surface area contributed by atoms with Crippen LogP contribution in [0.15, 0.2) is 32.3 Å². The Morgan fingerprint density at radius 2 is 2.00 bits per heavy atom. The summed E-state index contributed by atoms with van der Waals surface area (Å²) in [7, 11) is -3.59. The van der Waals surface area contributed by atoms with E-state index in [4.69, 9.17) is 4.42 Å². The number of nitrogens with zero attached hydrogens (tertiary/aromatic N) is 1. The number of rotatable bonds is 8. The Labute approximate surface area is 129 Å². The minimum absolute atomic E-state index is 0.111. The van der Waals surface area contributed by atoms with Crippen molar-refractivity contribution in [3.05, 3.63) is 28.7 Å². The molecule has 0 bridgehead atoms. The van der Waals surface area contributed by atoms with Crippen LogP contribution in [0.5, 0.6) is 0 Å². The number of aromatic nitrogens is 1. The topological polar surface area (TPSA) is 95.4 Å². The van der Waals surface area contributed by atoms with Gasteiger partial charge in [-0.3, -0.25) is 4.98 Å². The average molecular weight is 327 g/mol. The first-order valence-electron chi connectivity index (χ1n) is 7.31. The molecule has 0 aliphatic heterocycles. The van der Waals surface area contributed by atoms with E-state index < -0.39 is 15.8 Å². The van der Waals surface area contributed by atoms with Crippen molar-refractivity contribution in [3.63, 3.8) is 0 Å². The number of aromatic amines is 1. The van der Waals surface area contributed by atoms with Gasteiger partial charge in [-0.2, -0.15) is 0 Å². The lowest BCUT2D eigenvalue weighted by Gasteiger charge is -2.17. The Balaban J connectivity index is 2.01. The molecule has 7 nitrogen and oxygen atoms in total. The molecule has 0 aliphatic rings. The highest BCUT2D eigenvalue weighted by Crippen LogP contribution is 2.16. The Morgan fingerprint density at radius 1 is 1.27 bits per heavy atom. The van der Waals surface area contributed by atoms with E-state index >= 15 is 0 Å². The van der Waals surface area contributed by atoms with Gasteiger partial charge in [0.05, 0.1) is 10.4 Å². The summed E-state index contributed by atoms with van der Waals surface area (Å²) in [6.45, 7) is 7.28. The minimum Gasteiger partial charge on any atom is -0.408 e. The Hall–Kier alpha value is -1.64. The summed E-state index contributed by atoms with van der Waals surface area (Å²) in [5.74, 6) is -0.600. The van der Waals surface area contributed by atoms with Crippen LogP contribution in [0.2, 0.25) is 0 Å². The van der Waals surface area contributed by atoms with Gasteiger partial charge in [-0.1, -0.05) is 13.8 Å². The van der Waals surface area contributed by atoms with Crippen LogP contribution < -0.4 is 10.5 Å². The SMILES string of the molecule is CCN(CC)CCCNS(=O)(=O)c1ccc2oc(=O)[nH]c2c1. The van der Waals surface area contributed by atoms with Crippen molar-refractivity contribution < 1.29 is 12.8 Å². The molecule has 8 heteroatoms. The van der Waals surface area contributed by atoms with Crippen LogP contribution >= 0.6 is 0 Å². The maximum Gasteiger partial charge on any atom is 0.417 e. The minimum atomic E-state index is -3.59. The fourth-order valence-corrected chi connectivity index (χ4v) is 3.33. The van der Waals surface area contributed by atoms with Crippen molar-refractivity contribution in [3.8, 4) is 0 Å². The number of hydrogen-bond acceptors (Lipinski definition) is 5. The lowest BCUT2D eigenvalue weighted by molar-refractivity contribution is 0.300. The van der Waals surface area contributed by atoms with Gasteiger partial charge in [0.1, 0.15) is 0 Å². The maximum absolute atomic E-state index is 12.2. The van der Waals surface area contributed by atoms with Gasteiger partial charge < -0.3 is 9.32 Å². The Bertz CT molecular complexity index is 775. The van der Waals surface area contributed by atoms with E-state index in [9.17, 15) is 13.2 Å². The number of oxazole rings is 1. The average Bonchev–Trinajstić information content (AvgIpc) is 2.86. The first-order chi connectivity index (χ1) is 10.5. The number of nitrogens with one attached hydrogen (secondary N) is 2. The van der Waals surface area contributed by atoms with Crippen LogP contribution in [0.4, 0.5) is 0 Å². The number of sulfonamides is 1. The zero-order valence-electron chi connectivity index (χ0n) is 12.8. The third kappa shape index (κ3) is 3.96. The molecular formula is C14H21N3O4S. The van der Waals surface area contributed by atoms with Gasteiger partial charge >= 0.3 is 5.76 Å². The molecular weight excluding hydrogens is 306 g/mol. The lowest BCUT2D eigenvalue weighted by atomic mass is 10.3. The summed E-state index contributed by atoms with van der Waals surface area (Å²) in [5, 5.41) is 0. The standard InChI is InChI=1S/C14H21N3O4S/c1-3-17(4-2)9-5-8-15-22(19,20)11-6-7-13-12(10-11)16-14(18)21-13/h6-7,10,15H,3-5,8-9H2,1-2H3,(H,16,18). The second-order valence-corrected chi connectivity index (χ2v) is 6.72. The molecule has 2 N–H and O–H groups in total. The molecule has 0 saturated heterocycles. The number of fused-ring (bicyclic) bond motifs is 1. The lowest BCUT2D eigenvalue weighted by Crippen LogP contribution is -2.30. The molecule has 0 radical (unpaired) electrons. The molecule has 0 unspecified atom stereocenters. The van der Waals surface area contributed by atoms with Crippen molar-refractivity contribution in [2.45, 2.75) is 25.2 Å². The van der Waals surface area contributed by atoms with E-state index in [1.165, 1.54) is 18.2 Å². The van der Waals surface area contributed by atoms with E-state index in [1.807, 2.05) is 0 Å². The van der Waals surface area contributed by atoms with E-state index in [1.54, 1.807) is 0 Å². The molecule has 122 valence electrons. The predicted molar refractivity (Wildman–Crippen MR) is 84.4 cm³/mol. The second kappa shape index (κ2) is 7.08. The van der Waals surface area contributed by atoms with Crippen molar-refractivity contribution in [2.75, 3.05) is 26.2 Å². The molecule has 0 saturated carbocycles. The van der Waals surface area contributed by atoms with Crippen LogP contribution in [-0.4, -0.2) is 44.5 Å². The molecule has 22 heavy (non-hydrogen) atoms. The van der Waals surface area contributed by atoms with Crippen LogP contribution in [-0.2, 0) is 10.0 Å². The molecule has 1 heterocycles. The molecule has 0 spiro atoms. The van der Waals surface area contributed by atoms with Gasteiger partial charge in [-0.15, -0.1) is 0 Å². The van der Waals surface area contributed by atoms with Crippen molar-refractivity contribution >= 4 is 21.1 Å². The summed E-state index contributed by atoms with van der Waals surface area (Å²) in [6.07, 6.45) is 0.742. The Morgan fingerprint density at radius 3 is 2.68 bits per heavy atom. The first-order valence-corrected chi connectivity index (χ1v) is 8.79. The van der Waals surface area contributed by atoms with E-state index in [0.717, 1.165) is 26.1 Å². The molecule has 2 rings (SSSR count). The van der Waals surface area contributed by atoms with Crippen molar-refractivity contribution in [1.29, 1.82) is 0 Å². The zero-order chi connectivity index (χ0) is 16.2. The molecule has 0 fully saturated rings. The second-order valence-electron chi connectivity index (χ2n) is 4.95. The van der Waals surface area contributed by atoms with Gasteiger partial charge in [0, 0.05) is 6.54 Å². The summed E-state index contributed by atoms with van der Waals surface area (Å²) >= 11 is 0. The summed E-state index contributed by atoms with van der Waals surface area (Å²) in [4.78, 5) is 15.9. The van der Waals surface area contributed by atoms with Gasteiger partial charge in [-0.05, 0) is 44.3 Å². The van der Waals surface area contributed by atoms with Gasteiger partial charge in [0.25, 0.3) is 0 Å². The van der Waals surface area contributed by atoms with E-state index in [0.29, 0.717) is 17.6 Å². The summed E-state index contributed by atoms with van der Waals surface area (Å²) < 4.78 is 31.9. The van der Waals surface area contributed by atoms with Crippen molar-refractivity contribution in [1.82, 2.24) is 14.6 Å². The van der Waals surface area contributed by atoms with E-state index in [2.05, 4.69) is 28.5 Å².